The quantitative estimate of drug-likeness (QED) is 0.505. The van der Waals surface area contributed by atoms with Gasteiger partial charge in [-0.05, 0) is 75.1 Å². The number of carbonyl (C=O) groups is 2. The first kappa shape index (κ1) is 21.7. The van der Waals surface area contributed by atoms with Crippen LogP contribution in [-0.4, -0.2) is 11.8 Å². The Morgan fingerprint density at radius 3 is 2.50 bits per heavy atom. The third-order valence-corrected chi connectivity index (χ3v) is 5.56. The predicted octanol–water partition coefficient (Wildman–Crippen LogP) is 5.31. The number of hydrogen-bond acceptors (Lipinski definition) is 4. The van der Waals surface area contributed by atoms with Gasteiger partial charge < -0.3 is 19.8 Å². The van der Waals surface area contributed by atoms with Crippen LogP contribution in [0.4, 0.5) is 5.69 Å². The molecule has 32 heavy (non-hydrogen) atoms. The molecule has 1 aromatic heterocycles. The van der Waals surface area contributed by atoms with E-state index in [9.17, 15) is 9.59 Å². The van der Waals surface area contributed by atoms with E-state index >= 15 is 0 Å². The van der Waals surface area contributed by atoms with Crippen molar-refractivity contribution in [3.8, 4) is 5.75 Å². The maximum Gasteiger partial charge on any atom is 0.287 e. The fourth-order valence-corrected chi connectivity index (χ4v) is 3.48. The summed E-state index contributed by atoms with van der Waals surface area (Å²) in [5.41, 5.74) is 3.94. The number of ether oxygens (including phenoxy) is 1. The molecule has 6 heteroatoms. The van der Waals surface area contributed by atoms with E-state index in [0.717, 1.165) is 35.4 Å². The first-order valence-electron chi connectivity index (χ1n) is 10.9. The van der Waals surface area contributed by atoms with Crippen molar-refractivity contribution >= 4 is 17.5 Å². The van der Waals surface area contributed by atoms with Crippen LogP contribution in [0.25, 0.3) is 0 Å². The van der Waals surface area contributed by atoms with Gasteiger partial charge in [-0.15, -0.1) is 0 Å². The highest BCUT2D eigenvalue weighted by Gasteiger charge is 2.29. The molecule has 2 aromatic carbocycles. The maximum atomic E-state index is 12.6. The average Bonchev–Trinajstić information content (AvgIpc) is 3.52. The lowest BCUT2D eigenvalue weighted by Crippen LogP contribution is -2.26. The highest BCUT2D eigenvalue weighted by atomic mass is 16.5. The topological polar surface area (TPSA) is 80.6 Å². The van der Waals surface area contributed by atoms with Crippen molar-refractivity contribution in [2.75, 3.05) is 5.32 Å². The summed E-state index contributed by atoms with van der Waals surface area (Å²) in [5.74, 6) is 1.57. The second-order valence-corrected chi connectivity index (χ2v) is 8.40. The zero-order valence-corrected chi connectivity index (χ0v) is 18.6. The molecule has 2 amide bonds. The normalized spacial score (nSPS) is 14.0. The van der Waals surface area contributed by atoms with Crippen LogP contribution in [-0.2, 0) is 11.4 Å². The summed E-state index contributed by atoms with van der Waals surface area (Å²) in [7, 11) is 0. The molecule has 1 aliphatic carbocycles. The van der Waals surface area contributed by atoms with Crippen molar-refractivity contribution in [3.63, 3.8) is 0 Å². The van der Waals surface area contributed by atoms with Gasteiger partial charge in [0.25, 0.3) is 5.91 Å². The number of rotatable bonds is 8. The van der Waals surface area contributed by atoms with Crippen molar-refractivity contribution < 1.29 is 18.7 Å². The Kier molecular flexibility index (Phi) is 6.30. The zero-order valence-electron chi connectivity index (χ0n) is 18.6. The van der Waals surface area contributed by atoms with E-state index in [1.807, 2.05) is 57.2 Å². The molecule has 4 rings (SSSR count). The summed E-state index contributed by atoms with van der Waals surface area (Å²) in [6.07, 6.45) is 1.94. The van der Waals surface area contributed by atoms with E-state index in [2.05, 4.69) is 16.7 Å². The first-order chi connectivity index (χ1) is 15.4. The van der Waals surface area contributed by atoms with Crippen LogP contribution in [0, 0.1) is 19.8 Å². The van der Waals surface area contributed by atoms with Crippen molar-refractivity contribution in [1.29, 1.82) is 0 Å². The van der Waals surface area contributed by atoms with E-state index in [1.165, 1.54) is 5.56 Å². The van der Waals surface area contributed by atoms with E-state index in [0.29, 0.717) is 5.76 Å². The minimum absolute atomic E-state index is 0.0780. The van der Waals surface area contributed by atoms with Gasteiger partial charge in [0.05, 0.1) is 6.04 Å². The second kappa shape index (κ2) is 9.30. The molecule has 166 valence electrons. The van der Waals surface area contributed by atoms with E-state index in [1.54, 1.807) is 12.1 Å². The van der Waals surface area contributed by atoms with Crippen molar-refractivity contribution in [2.24, 2.45) is 5.92 Å². The lowest BCUT2D eigenvalue weighted by Gasteiger charge is -2.14. The van der Waals surface area contributed by atoms with Gasteiger partial charge in [-0.3, -0.25) is 9.59 Å². The summed E-state index contributed by atoms with van der Waals surface area (Å²) < 4.78 is 11.5. The van der Waals surface area contributed by atoms with Gasteiger partial charge in [0.2, 0.25) is 5.91 Å². The van der Waals surface area contributed by atoms with E-state index in [-0.39, 0.29) is 36.1 Å². The van der Waals surface area contributed by atoms with Gasteiger partial charge in [-0.2, -0.15) is 0 Å². The first-order valence-corrected chi connectivity index (χ1v) is 10.9. The summed E-state index contributed by atoms with van der Waals surface area (Å²) >= 11 is 0. The molecular weight excluding hydrogens is 404 g/mol. The van der Waals surface area contributed by atoms with Crippen molar-refractivity contribution in [1.82, 2.24) is 5.32 Å². The highest BCUT2D eigenvalue weighted by molar-refractivity contribution is 5.94. The van der Waals surface area contributed by atoms with E-state index in [4.69, 9.17) is 9.15 Å². The fraction of sp³-hybridized carbons (Fsp3) is 0.308. The number of benzene rings is 2. The summed E-state index contributed by atoms with van der Waals surface area (Å²) in [6, 6.07) is 16.7. The number of carbonyl (C=O) groups excluding carboxylic acids is 2. The number of anilines is 1. The predicted molar refractivity (Wildman–Crippen MR) is 123 cm³/mol. The van der Waals surface area contributed by atoms with E-state index < -0.39 is 0 Å². The Morgan fingerprint density at radius 2 is 1.81 bits per heavy atom. The molecule has 1 unspecified atom stereocenters. The smallest absolute Gasteiger partial charge is 0.287 e. The van der Waals surface area contributed by atoms with Gasteiger partial charge in [0.1, 0.15) is 18.1 Å². The van der Waals surface area contributed by atoms with Crippen LogP contribution >= 0.6 is 0 Å². The largest absolute Gasteiger partial charge is 0.485 e. The number of amides is 2. The molecule has 1 fully saturated rings. The molecule has 2 N–H and O–H groups in total. The van der Waals surface area contributed by atoms with Crippen LogP contribution < -0.4 is 15.4 Å². The van der Waals surface area contributed by atoms with Crippen molar-refractivity contribution in [3.05, 3.63) is 82.8 Å². The van der Waals surface area contributed by atoms with Crippen LogP contribution in [0.1, 0.15) is 58.8 Å². The monoisotopic (exact) mass is 432 g/mol. The second-order valence-electron chi connectivity index (χ2n) is 8.40. The lowest BCUT2D eigenvalue weighted by atomic mass is 10.1. The average molecular weight is 433 g/mol. The molecule has 0 radical (unpaired) electrons. The molecule has 1 saturated carbocycles. The molecule has 0 aliphatic heterocycles. The molecule has 6 nitrogen and oxygen atoms in total. The standard InChI is InChI=1S/C26H28N2O4/c1-16-4-12-23(17(2)14-16)31-15-22-11-13-24(32-22)26(30)27-18(3)19-7-9-21(10-8-19)28-25(29)20-5-6-20/h4,7-14,18,20H,5-6,15H2,1-3H3,(H,27,30)(H,28,29). The minimum atomic E-state index is -0.290. The molecule has 1 aliphatic rings. The third kappa shape index (κ3) is 5.38. The molecular formula is C26H28N2O4. The third-order valence-electron chi connectivity index (χ3n) is 5.56. The SMILES string of the molecule is Cc1ccc(OCc2ccc(C(=O)NC(C)c3ccc(NC(=O)C4CC4)cc3)o2)c(C)c1. The van der Waals surface area contributed by atoms with Gasteiger partial charge >= 0.3 is 0 Å². The molecule has 1 heterocycles. The van der Waals surface area contributed by atoms with Gasteiger partial charge in [0.15, 0.2) is 5.76 Å². The number of furan rings is 1. The summed E-state index contributed by atoms with van der Waals surface area (Å²) in [5, 5.41) is 5.86. The molecule has 3 aromatic rings. The number of nitrogens with one attached hydrogen (secondary N) is 2. The fourth-order valence-electron chi connectivity index (χ4n) is 3.48. The molecule has 0 spiro atoms. The highest BCUT2D eigenvalue weighted by Crippen LogP contribution is 2.30. The molecule has 0 bridgehead atoms. The number of aryl methyl sites for hydroxylation is 2. The Hall–Kier alpha value is -3.54. The van der Waals surface area contributed by atoms with Crippen molar-refractivity contribution in [2.45, 2.75) is 46.3 Å². The zero-order chi connectivity index (χ0) is 22.7. The lowest BCUT2D eigenvalue weighted by molar-refractivity contribution is -0.117. The summed E-state index contributed by atoms with van der Waals surface area (Å²) in [4.78, 5) is 24.5. The maximum absolute atomic E-state index is 12.6. The van der Waals surface area contributed by atoms with Crippen LogP contribution in [0.5, 0.6) is 5.75 Å². The summed E-state index contributed by atoms with van der Waals surface area (Å²) in [6.45, 7) is 6.19. The van der Waals surface area contributed by atoms with Crippen LogP contribution in [0.2, 0.25) is 0 Å². The Morgan fingerprint density at radius 1 is 1.06 bits per heavy atom. The van der Waals surface area contributed by atoms with Crippen LogP contribution in [0.3, 0.4) is 0 Å². The van der Waals surface area contributed by atoms with Crippen LogP contribution in [0.15, 0.2) is 59.0 Å². The Bertz CT molecular complexity index is 1110. The molecule has 0 saturated heterocycles. The van der Waals surface area contributed by atoms with Gasteiger partial charge in [-0.25, -0.2) is 0 Å². The van der Waals surface area contributed by atoms with Gasteiger partial charge in [-0.1, -0.05) is 29.8 Å². The number of hydrogen-bond donors (Lipinski definition) is 2. The molecule has 1 atom stereocenters. The Labute approximate surface area is 188 Å². The minimum Gasteiger partial charge on any atom is -0.485 e. The van der Waals surface area contributed by atoms with Gasteiger partial charge in [0, 0.05) is 11.6 Å². The Balaban J connectivity index is 1.30.